The Bertz CT molecular complexity index is 2750. The molecule has 1 nitrogen and oxygen atoms in total. The van der Waals surface area contributed by atoms with Crippen LogP contribution < -0.4 is 0 Å². The van der Waals surface area contributed by atoms with Gasteiger partial charge in [0.25, 0.3) is 0 Å². The molecule has 47 heavy (non-hydrogen) atoms. The number of benzene rings is 9. The monoisotopic (exact) mass is 595 g/mol. The van der Waals surface area contributed by atoms with Gasteiger partial charge in [-0.25, -0.2) is 0 Å². The molecule has 1 heterocycles. The number of H-pyrrole nitrogens is 1. The molecule has 218 valence electrons. The molecule has 0 aliphatic heterocycles. The van der Waals surface area contributed by atoms with E-state index < -0.39 is 0 Å². The number of hydrogen-bond acceptors (Lipinski definition) is 0. The van der Waals surface area contributed by atoms with Gasteiger partial charge >= 0.3 is 0 Å². The van der Waals surface area contributed by atoms with E-state index in [1.54, 1.807) is 0 Å². The molecule has 0 amide bonds. The van der Waals surface area contributed by atoms with E-state index in [9.17, 15) is 0 Å². The van der Waals surface area contributed by atoms with Crippen molar-refractivity contribution in [2.75, 3.05) is 0 Å². The number of hydrogen-bond donors (Lipinski definition) is 1. The Morgan fingerprint density at radius 3 is 1.66 bits per heavy atom. The fourth-order valence-electron chi connectivity index (χ4n) is 7.68. The molecule has 1 heteroatoms. The third kappa shape index (κ3) is 4.10. The highest BCUT2D eigenvalue weighted by molar-refractivity contribution is 6.25. The van der Waals surface area contributed by atoms with Crippen LogP contribution in [0.5, 0.6) is 0 Å². The topological polar surface area (TPSA) is 15.8 Å². The molecular weight excluding hydrogens is 567 g/mol. The molecule has 1 aromatic heterocycles. The molecule has 10 rings (SSSR count). The molecule has 0 bridgehead atoms. The molecule has 0 atom stereocenters. The summed E-state index contributed by atoms with van der Waals surface area (Å²) in [5.74, 6) is 0. The smallest absolute Gasteiger partial charge is 0.0544 e. The second-order valence-electron chi connectivity index (χ2n) is 12.6. The molecule has 0 unspecified atom stereocenters. The highest BCUT2D eigenvalue weighted by atomic mass is 14.7. The highest BCUT2D eigenvalue weighted by Gasteiger charge is 2.16. The lowest BCUT2D eigenvalue weighted by Crippen LogP contribution is -1.89. The molecule has 0 aliphatic carbocycles. The first kappa shape index (κ1) is 26.1. The van der Waals surface area contributed by atoms with E-state index in [-0.39, 0.29) is 0 Å². The highest BCUT2D eigenvalue weighted by Crippen LogP contribution is 2.42. The average molecular weight is 596 g/mol. The first-order valence-corrected chi connectivity index (χ1v) is 16.3. The lowest BCUT2D eigenvalue weighted by molar-refractivity contribution is 1.53. The summed E-state index contributed by atoms with van der Waals surface area (Å²) in [4.78, 5) is 3.83. The van der Waals surface area contributed by atoms with Gasteiger partial charge in [0.15, 0.2) is 0 Å². The number of aromatic nitrogens is 1. The van der Waals surface area contributed by atoms with Crippen LogP contribution in [0.4, 0.5) is 0 Å². The van der Waals surface area contributed by atoms with Gasteiger partial charge in [-0.05, 0) is 102 Å². The second kappa shape index (κ2) is 10.2. The van der Waals surface area contributed by atoms with Gasteiger partial charge in [0.2, 0.25) is 0 Å². The van der Waals surface area contributed by atoms with Crippen molar-refractivity contribution in [1.29, 1.82) is 0 Å². The van der Waals surface area contributed by atoms with Gasteiger partial charge in [-0.2, -0.15) is 0 Å². The lowest BCUT2D eigenvalue weighted by Gasteiger charge is -2.15. The standard InChI is InChI=1S/C46H29N/c1-3-9-29(10-4-1)34-21-24-43-41(26-34)42-28-37(30-11-5-2-6-12-30)27-40(46(42)47-43)36-16-8-15-35(25-36)38-22-19-33-18-17-31-13-7-14-32-20-23-39(38)45(33)44(31)32/h1-28,47H. The first-order valence-electron chi connectivity index (χ1n) is 16.3. The van der Waals surface area contributed by atoms with Crippen LogP contribution in [0.3, 0.4) is 0 Å². The maximum absolute atomic E-state index is 3.83. The first-order chi connectivity index (χ1) is 23.3. The van der Waals surface area contributed by atoms with Crippen LogP contribution in [-0.4, -0.2) is 4.98 Å². The summed E-state index contributed by atoms with van der Waals surface area (Å²) in [7, 11) is 0. The number of rotatable bonds is 4. The minimum absolute atomic E-state index is 1.15. The van der Waals surface area contributed by atoms with Crippen LogP contribution in [0.15, 0.2) is 170 Å². The van der Waals surface area contributed by atoms with Gasteiger partial charge in [0, 0.05) is 21.9 Å². The Labute approximate surface area is 272 Å². The SMILES string of the molecule is c1ccc(-c2ccc3[nH]c4c(-c5cccc(-c6ccc7ccc8cccc9ccc6c7c89)c5)cc(-c5ccccc5)cc4c3c2)cc1. The van der Waals surface area contributed by atoms with Crippen LogP contribution >= 0.6 is 0 Å². The van der Waals surface area contributed by atoms with Crippen molar-refractivity contribution in [1.82, 2.24) is 4.98 Å². The summed E-state index contributed by atoms with van der Waals surface area (Å²) in [6.45, 7) is 0. The van der Waals surface area contributed by atoms with Crippen LogP contribution in [-0.2, 0) is 0 Å². The molecule has 0 saturated heterocycles. The molecule has 0 spiro atoms. The predicted molar refractivity (Wildman–Crippen MR) is 201 cm³/mol. The third-order valence-electron chi connectivity index (χ3n) is 9.94. The van der Waals surface area contributed by atoms with Gasteiger partial charge in [-0.3, -0.25) is 0 Å². The van der Waals surface area contributed by atoms with Crippen molar-refractivity contribution in [2.45, 2.75) is 0 Å². The molecular formula is C46H29N. The molecule has 0 aliphatic rings. The fraction of sp³-hybridized carbons (Fsp3) is 0. The minimum atomic E-state index is 1.15. The van der Waals surface area contributed by atoms with E-state index in [1.807, 2.05) is 0 Å². The van der Waals surface area contributed by atoms with Crippen molar-refractivity contribution in [3.63, 3.8) is 0 Å². The lowest BCUT2D eigenvalue weighted by atomic mass is 9.89. The maximum Gasteiger partial charge on any atom is 0.0544 e. The van der Waals surface area contributed by atoms with Crippen molar-refractivity contribution in [2.24, 2.45) is 0 Å². The number of fused-ring (bicyclic) bond motifs is 3. The molecule has 9 aromatic carbocycles. The molecule has 1 N–H and O–H groups in total. The second-order valence-corrected chi connectivity index (χ2v) is 12.6. The average Bonchev–Trinajstić information content (AvgIpc) is 3.52. The van der Waals surface area contributed by atoms with E-state index in [0.29, 0.717) is 0 Å². The van der Waals surface area contributed by atoms with Crippen molar-refractivity contribution in [3.8, 4) is 44.5 Å². The number of aromatic amines is 1. The zero-order chi connectivity index (χ0) is 30.9. The minimum Gasteiger partial charge on any atom is -0.354 e. The van der Waals surface area contributed by atoms with Gasteiger partial charge in [0.1, 0.15) is 0 Å². The third-order valence-corrected chi connectivity index (χ3v) is 9.94. The van der Waals surface area contributed by atoms with Crippen LogP contribution in [0, 0.1) is 0 Å². The Kier molecular flexibility index (Phi) is 5.64. The summed E-state index contributed by atoms with van der Waals surface area (Å²) in [6.07, 6.45) is 0. The summed E-state index contributed by atoms with van der Waals surface area (Å²) >= 11 is 0. The summed E-state index contributed by atoms with van der Waals surface area (Å²) in [6, 6.07) is 62.2. The fourth-order valence-corrected chi connectivity index (χ4v) is 7.68. The summed E-state index contributed by atoms with van der Waals surface area (Å²) < 4.78 is 0. The maximum atomic E-state index is 3.83. The Balaban J connectivity index is 1.21. The molecule has 0 saturated carbocycles. The van der Waals surface area contributed by atoms with Crippen molar-refractivity contribution in [3.05, 3.63) is 170 Å². The largest absolute Gasteiger partial charge is 0.354 e. The van der Waals surface area contributed by atoms with Gasteiger partial charge in [-0.15, -0.1) is 0 Å². The summed E-state index contributed by atoms with van der Waals surface area (Å²) in [5.41, 5.74) is 12.1. The zero-order valence-electron chi connectivity index (χ0n) is 25.7. The molecule has 10 aromatic rings. The van der Waals surface area contributed by atoms with E-state index in [1.165, 1.54) is 87.6 Å². The van der Waals surface area contributed by atoms with Gasteiger partial charge in [-0.1, -0.05) is 140 Å². The molecule has 0 radical (unpaired) electrons. The van der Waals surface area contributed by atoms with Crippen LogP contribution in [0.2, 0.25) is 0 Å². The predicted octanol–water partition coefficient (Wildman–Crippen LogP) is 12.9. The van der Waals surface area contributed by atoms with Crippen LogP contribution in [0.25, 0.3) is 98.6 Å². The Morgan fingerprint density at radius 1 is 0.298 bits per heavy atom. The zero-order valence-corrected chi connectivity index (χ0v) is 25.7. The molecule has 0 fully saturated rings. The van der Waals surface area contributed by atoms with E-state index >= 15 is 0 Å². The van der Waals surface area contributed by atoms with Crippen molar-refractivity contribution < 1.29 is 0 Å². The van der Waals surface area contributed by atoms with Gasteiger partial charge in [0.05, 0.1) is 5.52 Å². The Hall–Kier alpha value is -6.18. The van der Waals surface area contributed by atoms with E-state index in [2.05, 4.69) is 175 Å². The van der Waals surface area contributed by atoms with E-state index in [4.69, 9.17) is 0 Å². The van der Waals surface area contributed by atoms with E-state index in [0.717, 1.165) is 11.0 Å². The Morgan fingerprint density at radius 2 is 0.894 bits per heavy atom. The quantitative estimate of drug-likeness (QED) is 0.195. The number of nitrogens with one attached hydrogen (secondary N) is 1. The van der Waals surface area contributed by atoms with Crippen LogP contribution in [0.1, 0.15) is 0 Å². The normalized spacial score (nSPS) is 11.8. The van der Waals surface area contributed by atoms with Crippen molar-refractivity contribution >= 4 is 54.1 Å². The summed E-state index contributed by atoms with van der Waals surface area (Å²) in [5, 5.41) is 10.3. The van der Waals surface area contributed by atoms with Gasteiger partial charge < -0.3 is 4.98 Å².